The summed E-state index contributed by atoms with van der Waals surface area (Å²) in [6.07, 6.45) is 0. The zero-order chi connectivity index (χ0) is 15.6. The Kier molecular flexibility index (Phi) is 4.86. The number of nitrogens with one attached hydrogen (secondary N) is 1. The van der Waals surface area contributed by atoms with Gasteiger partial charge in [-0.2, -0.15) is 0 Å². The molecule has 2 rings (SSSR count). The lowest BCUT2D eigenvalue weighted by Crippen LogP contribution is -2.12. The minimum Gasteiger partial charge on any atom is -0.389 e. The second-order valence-electron chi connectivity index (χ2n) is 5.37. The Morgan fingerprint density at radius 1 is 1.24 bits per heavy atom. The van der Waals surface area contributed by atoms with Crippen LogP contribution in [0, 0.1) is 6.92 Å². The molecule has 21 heavy (non-hydrogen) atoms. The van der Waals surface area contributed by atoms with Crippen LogP contribution in [0.25, 0.3) is 0 Å². The van der Waals surface area contributed by atoms with Crippen molar-refractivity contribution in [3.8, 4) is 0 Å². The van der Waals surface area contributed by atoms with Gasteiger partial charge >= 0.3 is 0 Å². The van der Waals surface area contributed by atoms with Gasteiger partial charge < -0.3 is 11.1 Å². The molecule has 0 amide bonds. The van der Waals surface area contributed by atoms with Crippen LogP contribution in [0.5, 0.6) is 0 Å². The van der Waals surface area contributed by atoms with Crippen LogP contribution < -0.4 is 11.1 Å². The number of thiocarbonyl (C=S) groups is 1. The highest BCUT2D eigenvalue weighted by molar-refractivity contribution is 7.80. The molecular formula is C17H19ClN2S. The van der Waals surface area contributed by atoms with Gasteiger partial charge in [0.2, 0.25) is 0 Å². The first-order valence-electron chi connectivity index (χ1n) is 6.86. The highest BCUT2D eigenvalue weighted by atomic mass is 35.5. The molecule has 0 bridgehead atoms. The predicted octanol–water partition coefficient (Wildman–Crippen LogP) is 5.15. The van der Waals surface area contributed by atoms with E-state index in [1.807, 2.05) is 12.1 Å². The minimum atomic E-state index is 0.333. The zero-order valence-corrected chi connectivity index (χ0v) is 14.0. The van der Waals surface area contributed by atoms with Gasteiger partial charge in [-0.15, -0.1) is 0 Å². The Balaban J connectivity index is 2.51. The van der Waals surface area contributed by atoms with Gasteiger partial charge in [0.05, 0.1) is 0 Å². The SMILES string of the molecule is Cc1cccc(C(C)C)c1Nc1ccc(Cl)cc1C(N)=S. The molecule has 0 aromatic heterocycles. The first kappa shape index (κ1) is 15.8. The molecule has 0 radical (unpaired) electrons. The number of hydrogen-bond acceptors (Lipinski definition) is 2. The maximum absolute atomic E-state index is 6.03. The van der Waals surface area contributed by atoms with E-state index in [0.717, 1.165) is 16.9 Å². The number of nitrogens with two attached hydrogens (primary N) is 1. The van der Waals surface area contributed by atoms with Crippen LogP contribution in [0.4, 0.5) is 11.4 Å². The summed E-state index contributed by atoms with van der Waals surface area (Å²) >= 11 is 11.2. The van der Waals surface area contributed by atoms with Gasteiger partial charge in [-0.3, -0.25) is 0 Å². The van der Waals surface area contributed by atoms with Crippen LogP contribution in [0.15, 0.2) is 36.4 Å². The molecule has 0 fully saturated rings. The third-order valence-corrected chi connectivity index (χ3v) is 3.89. The fraction of sp³-hybridized carbons (Fsp3) is 0.235. The van der Waals surface area contributed by atoms with Crippen molar-refractivity contribution >= 4 is 40.2 Å². The fourth-order valence-electron chi connectivity index (χ4n) is 2.31. The average Bonchev–Trinajstić information content (AvgIpc) is 2.42. The summed E-state index contributed by atoms with van der Waals surface area (Å²) in [6, 6.07) is 11.8. The molecule has 2 aromatic carbocycles. The van der Waals surface area contributed by atoms with E-state index < -0.39 is 0 Å². The molecule has 2 aromatic rings. The van der Waals surface area contributed by atoms with Crippen molar-refractivity contribution in [3.63, 3.8) is 0 Å². The van der Waals surface area contributed by atoms with Gasteiger partial charge in [0.25, 0.3) is 0 Å². The Labute approximate surface area is 136 Å². The molecule has 0 spiro atoms. The van der Waals surface area contributed by atoms with Gasteiger partial charge in [-0.05, 0) is 42.2 Å². The highest BCUT2D eigenvalue weighted by Gasteiger charge is 2.12. The molecule has 0 saturated carbocycles. The van der Waals surface area contributed by atoms with Crippen molar-refractivity contribution in [2.24, 2.45) is 5.73 Å². The summed E-state index contributed by atoms with van der Waals surface area (Å²) in [4.78, 5) is 0.333. The zero-order valence-electron chi connectivity index (χ0n) is 12.4. The standard InChI is InChI=1S/C17H19ClN2S/c1-10(2)13-6-4-5-11(3)16(13)20-15-8-7-12(18)9-14(15)17(19)21/h4-10,20H,1-3H3,(H2,19,21). The molecule has 0 unspecified atom stereocenters. The van der Waals surface area contributed by atoms with Crippen molar-refractivity contribution in [1.29, 1.82) is 0 Å². The number of hydrogen-bond donors (Lipinski definition) is 2. The second-order valence-corrected chi connectivity index (χ2v) is 6.25. The molecule has 0 heterocycles. The predicted molar refractivity (Wildman–Crippen MR) is 95.9 cm³/mol. The van der Waals surface area contributed by atoms with Gasteiger partial charge in [-0.25, -0.2) is 0 Å². The van der Waals surface area contributed by atoms with Gasteiger partial charge in [0.1, 0.15) is 4.99 Å². The smallest absolute Gasteiger partial charge is 0.106 e. The fourth-order valence-corrected chi connectivity index (χ4v) is 2.65. The number of aryl methyl sites for hydroxylation is 1. The summed E-state index contributed by atoms with van der Waals surface area (Å²) in [6.45, 7) is 6.44. The lowest BCUT2D eigenvalue weighted by Gasteiger charge is -2.19. The molecule has 0 atom stereocenters. The first-order valence-corrected chi connectivity index (χ1v) is 7.64. The highest BCUT2D eigenvalue weighted by Crippen LogP contribution is 2.32. The van der Waals surface area contributed by atoms with Crippen LogP contribution in [-0.2, 0) is 0 Å². The topological polar surface area (TPSA) is 38.0 Å². The lowest BCUT2D eigenvalue weighted by molar-refractivity contribution is 0.867. The summed E-state index contributed by atoms with van der Waals surface area (Å²) in [5, 5.41) is 4.10. The maximum Gasteiger partial charge on any atom is 0.106 e. The number of halogens is 1. The molecule has 4 heteroatoms. The van der Waals surface area contributed by atoms with E-state index in [0.29, 0.717) is 15.9 Å². The van der Waals surface area contributed by atoms with Crippen LogP contribution in [-0.4, -0.2) is 4.99 Å². The largest absolute Gasteiger partial charge is 0.389 e. The molecular weight excluding hydrogens is 300 g/mol. The Hall–Kier alpha value is -1.58. The maximum atomic E-state index is 6.03. The van der Waals surface area contributed by atoms with Crippen LogP contribution in [0.3, 0.4) is 0 Å². The number of anilines is 2. The molecule has 110 valence electrons. The summed E-state index contributed by atoms with van der Waals surface area (Å²) < 4.78 is 0. The minimum absolute atomic E-state index is 0.333. The van der Waals surface area contributed by atoms with Crippen LogP contribution in [0.2, 0.25) is 5.02 Å². The molecule has 0 aliphatic carbocycles. The second kappa shape index (κ2) is 6.46. The number of benzene rings is 2. The van der Waals surface area contributed by atoms with E-state index in [1.165, 1.54) is 11.1 Å². The van der Waals surface area contributed by atoms with E-state index in [2.05, 4.69) is 44.3 Å². The van der Waals surface area contributed by atoms with Crippen LogP contribution >= 0.6 is 23.8 Å². The summed E-state index contributed by atoms with van der Waals surface area (Å²) in [5.74, 6) is 0.424. The molecule has 3 N–H and O–H groups in total. The Morgan fingerprint density at radius 3 is 2.57 bits per heavy atom. The van der Waals surface area contributed by atoms with Crippen LogP contribution in [0.1, 0.15) is 36.5 Å². The summed E-state index contributed by atoms with van der Waals surface area (Å²) in [7, 11) is 0. The van der Waals surface area contributed by atoms with E-state index >= 15 is 0 Å². The molecule has 0 aliphatic heterocycles. The first-order chi connectivity index (χ1) is 9.90. The quantitative estimate of drug-likeness (QED) is 0.766. The third kappa shape index (κ3) is 3.55. The average molecular weight is 319 g/mol. The monoisotopic (exact) mass is 318 g/mol. The van der Waals surface area contributed by atoms with E-state index in [-0.39, 0.29) is 0 Å². The van der Waals surface area contributed by atoms with E-state index in [4.69, 9.17) is 29.6 Å². The lowest BCUT2D eigenvalue weighted by atomic mass is 9.97. The Bertz CT molecular complexity index is 680. The number of rotatable bonds is 4. The van der Waals surface area contributed by atoms with Crippen molar-refractivity contribution in [2.45, 2.75) is 26.7 Å². The van der Waals surface area contributed by atoms with E-state index in [9.17, 15) is 0 Å². The molecule has 0 aliphatic rings. The Morgan fingerprint density at radius 2 is 1.95 bits per heavy atom. The van der Waals surface area contributed by atoms with Gasteiger partial charge in [0, 0.05) is 22.0 Å². The van der Waals surface area contributed by atoms with E-state index in [1.54, 1.807) is 6.07 Å². The summed E-state index contributed by atoms with van der Waals surface area (Å²) in [5.41, 5.74) is 11.0. The normalized spacial score (nSPS) is 10.7. The van der Waals surface area contributed by atoms with Crippen molar-refractivity contribution in [2.75, 3.05) is 5.32 Å². The third-order valence-electron chi connectivity index (χ3n) is 3.43. The van der Waals surface area contributed by atoms with Gasteiger partial charge in [-0.1, -0.05) is 55.9 Å². The van der Waals surface area contributed by atoms with Crippen molar-refractivity contribution in [3.05, 3.63) is 58.1 Å². The molecule has 0 saturated heterocycles. The van der Waals surface area contributed by atoms with Crippen molar-refractivity contribution < 1.29 is 0 Å². The van der Waals surface area contributed by atoms with Gasteiger partial charge in [0.15, 0.2) is 0 Å². The number of para-hydroxylation sites is 1. The van der Waals surface area contributed by atoms with Crippen molar-refractivity contribution in [1.82, 2.24) is 0 Å². The molecule has 2 nitrogen and oxygen atoms in total.